The van der Waals surface area contributed by atoms with Gasteiger partial charge in [0.1, 0.15) is 11.5 Å². The summed E-state index contributed by atoms with van der Waals surface area (Å²) in [5.41, 5.74) is 3.78. The monoisotopic (exact) mass is 498 g/mol. The third-order valence-corrected chi connectivity index (χ3v) is 6.68. The lowest BCUT2D eigenvalue weighted by Crippen LogP contribution is -2.32. The summed E-state index contributed by atoms with van der Waals surface area (Å²) in [6.07, 6.45) is 4.30. The van der Waals surface area contributed by atoms with Crippen LogP contribution in [-0.2, 0) is 16.0 Å². The Balaban J connectivity index is 1.25. The zero-order valence-electron chi connectivity index (χ0n) is 19.3. The number of para-hydroxylation sites is 2. The number of amidine groups is 1. The van der Waals surface area contributed by atoms with Gasteiger partial charge in [0.05, 0.1) is 11.4 Å². The van der Waals surface area contributed by atoms with Crippen molar-refractivity contribution < 1.29 is 14.0 Å². The van der Waals surface area contributed by atoms with Crippen LogP contribution in [0.4, 0.5) is 10.1 Å². The van der Waals surface area contributed by atoms with E-state index in [2.05, 4.69) is 21.4 Å². The van der Waals surface area contributed by atoms with E-state index in [-0.39, 0.29) is 29.1 Å². The normalized spacial score (nSPS) is 14.5. The molecule has 0 unspecified atom stereocenters. The third-order valence-electron chi connectivity index (χ3n) is 5.74. The first kappa shape index (κ1) is 23.6. The lowest BCUT2D eigenvalue weighted by Gasteiger charge is -2.17. The van der Waals surface area contributed by atoms with E-state index in [0.29, 0.717) is 29.4 Å². The molecule has 0 radical (unpaired) electrons. The van der Waals surface area contributed by atoms with E-state index in [1.165, 1.54) is 28.8 Å². The number of nitrogens with zero attached hydrogens (tertiary/aromatic N) is 2. The Bertz CT molecular complexity index is 1460. The number of benzene rings is 3. The summed E-state index contributed by atoms with van der Waals surface area (Å²) in [6.45, 7) is 0.505. The number of halogens is 1. The van der Waals surface area contributed by atoms with Crippen molar-refractivity contribution >= 4 is 51.4 Å². The van der Waals surface area contributed by atoms with Crippen LogP contribution in [-0.4, -0.2) is 34.3 Å². The van der Waals surface area contributed by atoms with E-state index >= 15 is 0 Å². The fraction of sp³-hybridized carbons (Fsp3) is 0.107. The second-order valence-electron chi connectivity index (χ2n) is 8.20. The van der Waals surface area contributed by atoms with Gasteiger partial charge >= 0.3 is 0 Å². The van der Waals surface area contributed by atoms with Crippen molar-refractivity contribution in [2.45, 2.75) is 6.42 Å². The van der Waals surface area contributed by atoms with Crippen LogP contribution in [0.1, 0.15) is 11.1 Å². The second kappa shape index (κ2) is 10.6. The first-order valence-electron chi connectivity index (χ1n) is 11.5. The molecule has 180 valence electrons. The molecule has 2 amide bonds. The molecule has 1 aliphatic heterocycles. The summed E-state index contributed by atoms with van der Waals surface area (Å²) in [4.78, 5) is 35.0. The molecule has 1 aromatic heterocycles. The highest BCUT2D eigenvalue weighted by atomic mass is 32.2. The average molecular weight is 499 g/mol. The predicted octanol–water partition coefficient (Wildman–Crippen LogP) is 5.14. The Hall–Kier alpha value is -4.17. The van der Waals surface area contributed by atoms with E-state index in [0.717, 1.165) is 16.5 Å². The number of aliphatic imine (C=N–C) groups is 1. The van der Waals surface area contributed by atoms with E-state index < -0.39 is 0 Å². The van der Waals surface area contributed by atoms with Crippen LogP contribution in [0.25, 0.3) is 17.0 Å². The summed E-state index contributed by atoms with van der Waals surface area (Å²) in [6, 6.07) is 23.1. The molecule has 0 spiro atoms. The van der Waals surface area contributed by atoms with Gasteiger partial charge < -0.3 is 10.3 Å². The van der Waals surface area contributed by atoms with Crippen molar-refractivity contribution in [2.75, 3.05) is 17.2 Å². The molecule has 4 aromatic rings. The molecule has 36 heavy (non-hydrogen) atoms. The van der Waals surface area contributed by atoms with Crippen LogP contribution in [0.5, 0.6) is 0 Å². The maximum atomic E-state index is 13.3. The average Bonchev–Trinajstić information content (AvgIpc) is 3.45. The Morgan fingerprint density at radius 2 is 1.78 bits per heavy atom. The van der Waals surface area contributed by atoms with Crippen LogP contribution in [0.3, 0.4) is 0 Å². The number of anilines is 1. The van der Waals surface area contributed by atoms with E-state index in [4.69, 9.17) is 0 Å². The van der Waals surface area contributed by atoms with E-state index in [9.17, 15) is 14.0 Å². The topological polar surface area (TPSA) is 77.6 Å². The molecular formula is C28H23FN4O2S. The number of rotatable bonds is 7. The number of amides is 2. The van der Waals surface area contributed by atoms with Gasteiger partial charge in [0.15, 0.2) is 5.17 Å². The first-order valence-corrected chi connectivity index (χ1v) is 12.5. The molecule has 1 aliphatic rings. The standard InChI is InChI=1S/C28H23FN4O2S/c29-21-12-10-19(11-13-21)16-25-27(35)33(22-6-2-1-3-7-22)28(32-25)36-18-26(34)30-15-14-20-17-31-24-9-5-4-8-23(20)24/h1-13,16-17,31H,14-15,18H2,(H,30,34)/b25-16+. The minimum absolute atomic E-state index is 0.118. The SMILES string of the molecule is O=C(CSC1=N/C(=C/c2ccc(F)cc2)C(=O)N1c1ccccc1)NCCc1c[nH]c2ccccc12. The third kappa shape index (κ3) is 5.23. The number of fused-ring (bicyclic) bond motifs is 1. The number of thioether (sulfide) groups is 1. The molecule has 0 fully saturated rings. The van der Waals surface area contributed by atoms with Crippen molar-refractivity contribution in [3.8, 4) is 0 Å². The number of carbonyl (C=O) groups excluding carboxylic acids is 2. The van der Waals surface area contributed by atoms with Crippen LogP contribution in [0.2, 0.25) is 0 Å². The maximum absolute atomic E-state index is 13.3. The molecule has 0 atom stereocenters. The molecule has 6 nitrogen and oxygen atoms in total. The van der Waals surface area contributed by atoms with Crippen molar-refractivity contribution in [3.05, 3.63) is 108 Å². The van der Waals surface area contributed by atoms with Gasteiger partial charge in [-0.1, -0.05) is 60.3 Å². The summed E-state index contributed by atoms with van der Waals surface area (Å²) < 4.78 is 13.3. The fourth-order valence-electron chi connectivity index (χ4n) is 3.97. The van der Waals surface area contributed by atoms with Gasteiger partial charge in [-0.25, -0.2) is 9.38 Å². The Morgan fingerprint density at radius 3 is 2.58 bits per heavy atom. The molecule has 2 heterocycles. The van der Waals surface area contributed by atoms with Gasteiger partial charge in [-0.2, -0.15) is 0 Å². The van der Waals surface area contributed by atoms with Crippen molar-refractivity contribution in [1.82, 2.24) is 10.3 Å². The largest absolute Gasteiger partial charge is 0.361 e. The molecule has 2 N–H and O–H groups in total. The Labute approximate surface area is 211 Å². The molecule has 0 aliphatic carbocycles. The van der Waals surface area contributed by atoms with Crippen LogP contribution < -0.4 is 10.2 Å². The number of aromatic amines is 1. The van der Waals surface area contributed by atoms with Crippen molar-refractivity contribution in [2.24, 2.45) is 4.99 Å². The highest BCUT2D eigenvalue weighted by Crippen LogP contribution is 2.29. The number of hydrogen-bond donors (Lipinski definition) is 2. The zero-order chi connectivity index (χ0) is 24.9. The van der Waals surface area contributed by atoms with Crippen LogP contribution in [0.15, 0.2) is 95.7 Å². The smallest absolute Gasteiger partial charge is 0.283 e. The van der Waals surface area contributed by atoms with E-state index in [1.54, 1.807) is 18.2 Å². The molecule has 5 rings (SSSR count). The highest BCUT2D eigenvalue weighted by molar-refractivity contribution is 8.14. The molecule has 0 saturated heterocycles. The molecule has 0 bridgehead atoms. The lowest BCUT2D eigenvalue weighted by molar-refractivity contribution is -0.118. The highest BCUT2D eigenvalue weighted by Gasteiger charge is 2.32. The number of aromatic nitrogens is 1. The second-order valence-corrected chi connectivity index (χ2v) is 9.14. The number of H-pyrrole nitrogens is 1. The number of nitrogens with one attached hydrogen (secondary N) is 2. The summed E-state index contributed by atoms with van der Waals surface area (Å²) in [7, 11) is 0. The molecule has 3 aromatic carbocycles. The van der Waals surface area contributed by atoms with Gasteiger partial charge in [-0.15, -0.1) is 0 Å². The molecule has 0 saturated carbocycles. The molecular weight excluding hydrogens is 475 g/mol. The number of carbonyl (C=O) groups is 2. The van der Waals surface area contributed by atoms with Crippen molar-refractivity contribution in [1.29, 1.82) is 0 Å². The Morgan fingerprint density at radius 1 is 1.03 bits per heavy atom. The maximum Gasteiger partial charge on any atom is 0.283 e. The number of hydrogen-bond acceptors (Lipinski definition) is 4. The van der Waals surface area contributed by atoms with Crippen LogP contribution >= 0.6 is 11.8 Å². The Kier molecular flexibility index (Phi) is 6.95. The van der Waals surface area contributed by atoms with Gasteiger partial charge in [0.2, 0.25) is 5.91 Å². The van der Waals surface area contributed by atoms with Gasteiger partial charge in [0, 0.05) is 23.6 Å². The minimum atomic E-state index is -0.351. The summed E-state index contributed by atoms with van der Waals surface area (Å²) >= 11 is 1.20. The van der Waals surface area contributed by atoms with Gasteiger partial charge in [0.25, 0.3) is 5.91 Å². The predicted molar refractivity (Wildman–Crippen MR) is 143 cm³/mol. The summed E-state index contributed by atoms with van der Waals surface area (Å²) in [5, 5.41) is 4.52. The lowest BCUT2D eigenvalue weighted by atomic mass is 10.1. The van der Waals surface area contributed by atoms with Gasteiger partial charge in [-0.3, -0.25) is 14.5 Å². The van der Waals surface area contributed by atoms with Crippen molar-refractivity contribution in [3.63, 3.8) is 0 Å². The molecule has 8 heteroatoms. The first-order chi connectivity index (χ1) is 17.6. The summed E-state index contributed by atoms with van der Waals surface area (Å²) in [5.74, 6) is -0.671. The van der Waals surface area contributed by atoms with E-state index in [1.807, 2.05) is 54.7 Å². The zero-order valence-corrected chi connectivity index (χ0v) is 20.1. The van der Waals surface area contributed by atoms with Crippen LogP contribution in [0, 0.1) is 5.82 Å². The minimum Gasteiger partial charge on any atom is -0.361 e. The van der Waals surface area contributed by atoms with Gasteiger partial charge in [-0.05, 0) is 54.0 Å². The quantitative estimate of drug-likeness (QED) is 0.346. The fourth-order valence-corrected chi connectivity index (χ4v) is 4.81.